The van der Waals surface area contributed by atoms with E-state index in [-0.39, 0.29) is 11.7 Å². The summed E-state index contributed by atoms with van der Waals surface area (Å²) in [5, 5.41) is 0.393. The highest BCUT2D eigenvalue weighted by Gasteiger charge is 2.11. The Balaban J connectivity index is 2.58. The zero-order chi connectivity index (χ0) is 12.8. The zero-order valence-corrected chi connectivity index (χ0v) is 10.5. The van der Waals surface area contributed by atoms with Gasteiger partial charge in [0, 0.05) is 37.1 Å². The van der Waals surface area contributed by atoms with Crippen LogP contribution in [0.15, 0.2) is 18.2 Å². The molecular formula is C12H16ClFN2O. The maximum absolute atomic E-state index is 13.4. The van der Waals surface area contributed by atoms with E-state index in [0.717, 1.165) is 0 Å². The average molecular weight is 259 g/mol. The van der Waals surface area contributed by atoms with Crippen LogP contribution in [0.4, 0.5) is 4.39 Å². The summed E-state index contributed by atoms with van der Waals surface area (Å²) in [6.07, 6.45) is 0.708. The van der Waals surface area contributed by atoms with E-state index in [1.165, 1.54) is 11.0 Å². The van der Waals surface area contributed by atoms with Crippen molar-refractivity contribution in [3.63, 3.8) is 0 Å². The van der Waals surface area contributed by atoms with E-state index in [0.29, 0.717) is 36.5 Å². The van der Waals surface area contributed by atoms with Gasteiger partial charge < -0.3 is 10.6 Å². The normalized spacial score (nSPS) is 10.4. The van der Waals surface area contributed by atoms with E-state index in [4.69, 9.17) is 17.3 Å². The van der Waals surface area contributed by atoms with Crippen LogP contribution in [0.1, 0.15) is 12.0 Å². The van der Waals surface area contributed by atoms with Gasteiger partial charge in [-0.3, -0.25) is 4.79 Å². The molecule has 2 N–H and O–H groups in total. The van der Waals surface area contributed by atoms with Crippen LogP contribution in [0.3, 0.4) is 0 Å². The highest BCUT2D eigenvalue weighted by molar-refractivity contribution is 6.31. The van der Waals surface area contributed by atoms with E-state index in [9.17, 15) is 9.18 Å². The second-order valence-electron chi connectivity index (χ2n) is 3.80. The lowest BCUT2D eigenvalue weighted by Gasteiger charge is -2.17. The molecule has 0 unspecified atom stereocenters. The van der Waals surface area contributed by atoms with Gasteiger partial charge in [-0.05, 0) is 18.6 Å². The van der Waals surface area contributed by atoms with Crippen LogP contribution in [0.5, 0.6) is 0 Å². The number of likely N-dealkylation sites (N-methyl/N-ethyl adjacent to an activating group) is 1. The van der Waals surface area contributed by atoms with Crippen LogP contribution in [-0.2, 0) is 11.2 Å². The Kier molecular flexibility index (Phi) is 5.38. The summed E-state index contributed by atoms with van der Waals surface area (Å²) in [6, 6.07) is 4.56. The second kappa shape index (κ2) is 6.57. The Hall–Kier alpha value is -1.13. The summed E-state index contributed by atoms with van der Waals surface area (Å²) in [6.45, 7) is 0.753. The van der Waals surface area contributed by atoms with Crippen LogP contribution in [-0.4, -0.2) is 30.9 Å². The standard InChI is InChI=1S/C12H16ClFN2O/c1-16(12(17)5-7-15)8-6-9-10(13)3-2-4-11(9)14/h2-4H,5-8,15H2,1H3. The second-order valence-corrected chi connectivity index (χ2v) is 4.21. The Morgan fingerprint density at radius 3 is 2.82 bits per heavy atom. The third-order valence-electron chi connectivity index (χ3n) is 2.54. The number of nitrogens with zero attached hydrogens (tertiary/aromatic N) is 1. The molecule has 0 aliphatic heterocycles. The number of hydrogen-bond acceptors (Lipinski definition) is 2. The topological polar surface area (TPSA) is 46.3 Å². The van der Waals surface area contributed by atoms with Crippen molar-refractivity contribution in [2.75, 3.05) is 20.1 Å². The lowest BCUT2D eigenvalue weighted by Crippen LogP contribution is -2.30. The molecule has 0 aliphatic rings. The number of nitrogens with two attached hydrogens (primary N) is 1. The molecule has 0 heterocycles. The summed E-state index contributed by atoms with van der Waals surface area (Å²) >= 11 is 5.89. The fraction of sp³-hybridized carbons (Fsp3) is 0.417. The largest absolute Gasteiger partial charge is 0.345 e. The molecular weight excluding hydrogens is 243 g/mol. The third-order valence-corrected chi connectivity index (χ3v) is 2.90. The molecule has 0 saturated heterocycles. The maximum atomic E-state index is 13.4. The summed E-state index contributed by atoms with van der Waals surface area (Å²) in [4.78, 5) is 13.0. The van der Waals surface area contributed by atoms with Crippen LogP contribution in [0.25, 0.3) is 0 Å². The molecule has 0 aromatic heterocycles. The highest BCUT2D eigenvalue weighted by Crippen LogP contribution is 2.19. The number of benzene rings is 1. The van der Waals surface area contributed by atoms with Gasteiger partial charge in [-0.1, -0.05) is 17.7 Å². The summed E-state index contributed by atoms with van der Waals surface area (Å²) in [5.74, 6) is -0.378. The molecule has 17 heavy (non-hydrogen) atoms. The Labute approximate surface area is 105 Å². The highest BCUT2D eigenvalue weighted by atomic mass is 35.5. The van der Waals surface area contributed by atoms with Crippen molar-refractivity contribution in [3.05, 3.63) is 34.6 Å². The van der Waals surface area contributed by atoms with Gasteiger partial charge in [0.15, 0.2) is 0 Å². The Morgan fingerprint density at radius 1 is 1.53 bits per heavy atom. The summed E-state index contributed by atoms with van der Waals surface area (Å²) in [7, 11) is 1.67. The first-order valence-corrected chi connectivity index (χ1v) is 5.81. The number of hydrogen-bond donors (Lipinski definition) is 1. The smallest absolute Gasteiger partial charge is 0.223 e. The fourth-order valence-corrected chi connectivity index (χ4v) is 1.75. The number of carbonyl (C=O) groups excluding carboxylic acids is 1. The molecule has 0 saturated carbocycles. The zero-order valence-electron chi connectivity index (χ0n) is 9.75. The van der Waals surface area contributed by atoms with Gasteiger partial charge in [0.2, 0.25) is 5.91 Å². The molecule has 0 fully saturated rings. The summed E-state index contributed by atoms with van der Waals surface area (Å²) in [5.41, 5.74) is 5.74. The molecule has 0 spiro atoms. The van der Waals surface area contributed by atoms with Gasteiger partial charge in [0.1, 0.15) is 5.82 Å². The minimum atomic E-state index is -0.336. The fourth-order valence-electron chi connectivity index (χ4n) is 1.49. The Bertz CT molecular complexity index is 378. The predicted octanol–water partition coefficient (Wildman–Crippen LogP) is 1.83. The monoisotopic (exact) mass is 258 g/mol. The molecule has 0 radical (unpaired) electrons. The van der Waals surface area contributed by atoms with Crippen LogP contribution < -0.4 is 5.73 Å². The first-order chi connectivity index (χ1) is 8.06. The van der Waals surface area contributed by atoms with E-state index >= 15 is 0 Å². The van der Waals surface area contributed by atoms with Crippen molar-refractivity contribution in [3.8, 4) is 0 Å². The van der Waals surface area contributed by atoms with Gasteiger partial charge in [-0.15, -0.1) is 0 Å². The van der Waals surface area contributed by atoms with E-state index < -0.39 is 0 Å². The van der Waals surface area contributed by atoms with Gasteiger partial charge in [-0.2, -0.15) is 0 Å². The minimum absolute atomic E-state index is 0.0417. The van der Waals surface area contributed by atoms with Crippen molar-refractivity contribution < 1.29 is 9.18 Å². The average Bonchev–Trinajstić information content (AvgIpc) is 2.28. The lowest BCUT2D eigenvalue weighted by atomic mass is 10.1. The van der Waals surface area contributed by atoms with Gasteiger partial charge >= 0.3 is 0 Å². The number of amides is 1. The van der Waals surface area contributed by atoms with Crippen molar-refractivity contribution in [2.24, 2.45) is 5.73 Å². The van der Waals surface area contributed by atoms with Crippen molar-refractivity contribution in [1.82, 2.24) is 4.90 Å². The van der Waals surface area contributed by atoms with Crippen molar-refractivity contribution >= 4 is 17.5 Å². The lowest BCUT2D eigenvalue weighted by molar-refractivity contribution is -0.129. The molecule has 0 aliphatic carbocycles. The quantitative estimate of drug-likeness (QED) is 0.876. The van der Waals surface area contributed by atoms with E-state index in [1.807, 2.05) is 0 Å². The molecule has 0 bridgehead atoms. The number of carbonyl (C=O) groups is 1. The van der Waals surface area contributed by atoms with Crippen LogP contribution in [0, 0.1) is 5.82 Å². The van der Waals surface area contributed by atoms with Gasteiger partial charge in [0.05, 0.1) is 0 Å². The van der Waals surface area contributed by atoms with E-state index in [2.05, 4.69) is 0 Å². The molecule has 0 atom stereocenters. The summed E-state index contributed by atoms with van der Waals surface area (Å²) < 4.78 is 13.4. The SMILES string of the molecule is CN(CCc1c(F)cccc1Cl)C(=O)CCN. The minimum Gasteiger partial charge on any atom is -0.345 e. The molecule has 5 heteroatoms. The first kappa shape index (κ1) is 13.9. The third kappa shape index (κ3) is 3.98. The van der Waals surface area contributed by atoms with Crippen molar-refractivity contribution in [1.29, 1.82) is 0 Å². The molecule has 1 aromatic carbocycles. The molecule has 94 valence electrons. The van der Waals surface area contributed by atoms with Crippen molar-refractivity contribution in [2.45, 2.75) is 12.8 Å². The molecule has 1 aromatic rings. The molecule has 1 rings (SSSR count). The van der Waals surface area contributed by atoms with Crippen LogP contribution in [0.2, 0.25) is 5.02 Å². The Morgan fingerprint density at radius 2 is 2.24 bits per heavy atom. The number of halogens is 2. The first-order valence-electron chi connectivity index (χ1n) is 5.43. The van der Waals surface area contributed by atoms with Gasteiger partial charge in [-0.25, -0.2) is 4.39 Å². The van der Waals surface area contributed by atoms with Crippen LogP contribution >= 0.6 is 11.6 Å². The predicted molar refractivity (Wildman–Crippen MR) is 66.4 cm³/mol. The van der Waals surface area contributed by atoms with E-state index in [1.54, 1.807) is 19.2 Å². The molecule has 1 amide bonds. The maximum Gasteiger partial charge on any atom is 0.223 e. The number of rotatable bonds is 5. The molecule has 3 nitrogen and oxygen atoms in total. The van der Waals surface area contributed by atoms with Gasteiger partial charge in [0.25, 0.3) is 0 Å².